The van der Waals surface area contributed by atoms with Crippen molar-refractivity contribution in [3.63, 3.8) is 0 Å². The van der Waals surface area contributed by atoms with Crippen LogP contribution in [-0.4, -0.2) is 71.2 Å². The monoisotopic (exact) mass is 468 g/mol. The number of fused-ring (bicyclic) bond motifs is 3. The molecular formula is C25H30F2N6O. The van der Waals surface area contributed by atoms with Gasteiger partial charge >= 0.3 is 0 Å². The van der Waals surface area contributed by atoms with E-state index in [0.29, 0.717) is 18.5 Å². The summed E-state index contributed by atoms with van der Waals surface area (Å²) >= 11 is 0. The molecule has 9 heteroatoms. The number of alkyl halides is 2. The molecule has 2 aromatic heterocycles. The molecule has 0 unspecified atom stereocenters. The van der Waals surface area contributed by atoms with Crippen LogP contribution in [0.1, 0.15) is 25.1 Å². The van der Waals surface area contributed by atoms with Crippen molar-refractivity contribution < 1.29 is 13.6 Å². The summed E-state index contributed by atoms with van der Waals surface area (Å²) in [6.07, 6.45) is 0.669. The molecule has 0 spiro atoms. The molecule has 180 valence electrons. The van der Waals surface area contributed by atoms with Gasteiger partial charge in [0.2, 0.25) is 5.91 Å². The van der Waals surface area contributed by atoms with E-state index in [0.717, 1.165) is 59.7 Å². The van der Waals surface area contributed by atoms with Gasteiger partial charge in [0, 0.05) is 78.8 Å². The number of halogens is 2. The molecule has 3 aromatic rings. The average Bonchev–Trinajstić information content (AvgIpc) is 3.24. The number of benzene rings is 1. The number of aromatic amines is 2. The fourth-order valence-electron chi connectivity index (χ4n) is 5.91. The smallest absolute Gasteiger partial charge is 0.258 e. The van der Waals surface area contributed by atoms with Gasteiger partial charge in [0.25, 0.3) is 5.92 Å². The van der Waals surface area contributed by atoms with Crippen LogP contribution < -0.4 is 10.2 Å². The Morgan fingerprint density at radius 1 is 1.26 bits per heavy atom. The van der Waals surface area contributed by atoms with Gasteiger partial charge in [0.1, 0.15) is 5.69 Å². The molecule has 1 aliphatic heterocycles. The van der Waals surface area contributed by atoms with Crippen LogP contribution in [0.25, 0.3) is 22.3 Å². The van der Waals surface area contributed by atoms with Crippen molar-refractivity contribution in [3.05, 3.63) is 35.5 Å². The summed E-state index contributed by atoms with van der Waals surface area (Å²) in [6, 6.07) is 7.70. The Morgan fingerprint density at radius 2 is 2.03 bits per heavy atom. The van der Waals surface area contributed by atoms with Crippen LogP contribution in [-0.2, 0) is 17.6 Å². The van der Waals surface area contributed by atoms with Crippen LogP contribution in [0.5, 0.6) is 0 Å². The van der Waals surface area contributed by atoms with Gasteiger partial charge in [-0.15, -0.1) is 0 Å². The molecular weight excluding hydrogens is 438 g/mol. The van der Waals surface area contributed by atoms with Crippen molar-refractivity contribution in [2.45, 2.75) is 38.7 Å². The van der Waals surface area contributed by atoms with E-state index >= 15 is 0 Å². The van der Waals surface area contributed by atoms with Gasteiger partial charge in [-0.2, -0.15) is 5.10 Å². The number of anilines is 1. The number of carbonyl (C=O) groups is 1. The zero-order valence-electron chi connectivity index (χ0n) is 19.7. The lowest BCUT2D eigenvalue weighted by molar-refractivity contribution is -0.123. The predicted molar refractivity (Wildman–Crippen MR) is 127 cm³/mol. The second kappa shape index (κ2) is 7.36. The van der Waals surface area contributed by atoms with E-state index in [2.05, 4.69) is 25.4 Å². The number of H-pyrrole nitrogens is 2. The minimum absolute atomic E-state index is 0.0582. The van der Waals surface area contributed by atoms with Crippen LogP contribution in [0.2, 0.25) is 0 Å². The molecule has 0 bridgehead atoms. The number of aromatic nitrogens is 3. The molecule has 3 aliphatic rings. The van der Waals surface area contributed by atoms with Crippen molar-refractivity contribution >= 4 is 22.5 Å². The van der Waals surface area contributed by atoms with Gasteiger partial charge < -0.3 is 15.2 Å². The Balaban J connectivity index is 1.26. The summed E-state index contributed by atoms with van der Waals surface area (Å²) in [6.45, 7) is 7.15. The molecule has 7 nitrogen and oxygen atoms in total. The third kappa shape index (κ3) is 3.06. The summed E-state index contributed by atoms with van der Waals surface area (Å²) in [4.78, 5) is 20.4. The second-order valence-corrected chi connectivity index (χ2v) is 10.3. The standard InChI is InChI=1S/C25H30F2N6O/c1-14(33-8-6-28-7-9-33)23(34)32(3)16-5-4-15-10-19(29-18(15)11-16)22-17-12-21-24(2,25(21,26)27)13-20(17)30-31-22/h4-5,10-11,14,21,28-29H,6-9,12-13H2,1-3H3,(H,30,31)/t14-,21+,24-/m0/s1. The minimum atomic E-state index is -2.61. The highest BCUT2D eigenvalue weighted by atomic mass is 19.3. The lowest BCUT2D eigenvalue weighted by atomic mass is 9.87. The second-order valence-electron chi connectivity index (χ2n) is 10.3. The maximum atomic E-state index is 14.3. The molecule has 3 N–H and O–H groups in total. The molecule has 3 atom stereocenters. The average molecular weight is 469 g/mol. The first kappa shape index (κ1) is 21.7. The highest BCUT2D eigenvalue weighted by Gasteiger charge is 2.78. The molecule has 0 radical (unpaired) electrons. The highest BCUT2D eigenvalue weighted by molar-refractivity contribution is 5.98. The molecule has 1 aromatic carbocycles. The first-order valence-electron chi connectivity index (χ1n) is 12.0. The summed E-state index contributed by atoms with van der Waals surface area (Å²) in [5.74, 6) is -3.17. The normalized spacial score (nSPS) is 26.7. The summed E-state index contributed by atoms with van der Waals surface area (Å²) in [5.41, 5.74) is 3.98. The number of amides is 1. The minimum Gasteiger partial charge on any atom is -0.353 e. The third-order valence-electron chi connectivity index (χ3n) is 8.43. The van der Waals surface area contributed by atoms with Crippen molar-refractivity contribution in [3.8, 4) is 11.4 Å². The van der Waals surface area contributed by atoms with E-state index in [9.17, 15) is 13.6 Å². The zero-order chi connectivity index (χ0) is 23.8. The fourth-order valence-corrected chi connectivity index (χ4v) is 5.91. The molecule has 3 heterocycles. The molecule has 2 fully saturated rings. The van der Waals surface area contributed by atoms with E-state index in [1.54, 1.807) is 11.8 Å². The first-order chi connectivity index (χ1) is 16.2. The first-order valence-corrected chi connectivity index (χ1v) is 12.0. The maximum absolute atomic E-state index is 14.3. The van der Waals surface area contributed by atoms with Crippen molar-refractivity contribution in [1.29, 1.82) is 0 Å². The van der Waals surface area contributed by atoms with Crippen LogP contribution in [0.3, 0.4) is 0 Å². The van der Waals surface area contributed by atoms with Crippen LogP contribution >= 0.6 is 0 Å². The lowest BCUT2D eigenvalue weighted by Crippen LogP contribution is -2.53. The van der Waals surface area contributed by atoms with E-state index in [1.165, 1.54) is 0 Å². The van der Waals surface area contributed by atoms with Crippen LogP contribution in [0.4, 0.5) is 14.5 Å². The Kier molecular flexibility index (Phi) is 4.70. The van der Waals surface area contributed by atoms with Crippen molar-refractivity contribution in [2.75, 3.05) is 38.1 Å². The van der Waals surface area contributed by atoms with E-state index in [1.807, 2.05) is 38.2 Å². The Bertz CT molecular complexity index is 1280. The number of rotatable bonds is 4. The molecule has 1 saturated carbocycles. The Labute approximate surface area is 196 Å². The van der Waals surface area contributed by atoms with Crippen molar-refractivity contribution in [1.82, 2.24) is 25.4 Å². The van der Waals surface area contributed by atoms with Crippen LogP contribution in [0.15, 0.2) is 24.3 Å². The summed E-state index contributed by atoms with van der Waals surface area (Å²) < 4.78 is 28.6. The zero-order valence-corrected chi connectivity index (χ0v) is 19.7. The van der Waals surface area contributed by atoms with Gasteiger partial charge in [-0.3, -0.25) is 14.8 Å². The van der Waals surface area contributed by atoms with Gasteiger partial charge in [-0.25, -0.2) is 8.78 Å². The van der Waals surface area contributed by atoms with E-state index < -0.39 is 17.3 Å². The number of likely N-dealkylation sites (N-methyl/N-ethyl adjacent to an activating group) is 1. The SMILES string of the molecule is C[C@@H](C(=O)N(C)c1ccc2cc(-c3n[nH]c4c3C[C@H]3C(F)(F)[C@@]3(C)C4)[nH]c2c1)N1CCNCC1. The number of hydrogen-bond donors (Lipinski definition) is 3. The Hall–Kier alpha value is -2.78. The number of hydrogen-bond acceptors (Lipinski definition) is 4. The van der Waals surface area contributed by atoms with Gasteiger partial charge in [-0.05, 0) is 31.5 Å². The summed E-state index contributed by atoms with van der Waals surface area (Å²) in [7, 11) is 1.81. The molecule has 1 amide bonds. The quantitative estimate of drug-likeness (QED) is 0.550. The number of carbonyl (C=O) groups excluding carboxylic acids is 1. The molecule has 34 heavy (non-hydrogen) atoms. The topological polar surface area (TPSA) is 80.0 Å². The van der Waals surface area contributed by atoms with Gasteiger partial charge in [0.05, 0.1) is 11.7 Å². The number of nitrogens with one attached hydrogen (secondary N) is 3. The summed E-state index contributed by atoms with van der Waals surface area (Å²) in [5, 5.41) is 11.8. The molecule has 6 rings (SSSR count). The number of nitrogens with zero attached hydrogens (tertiary/aromatic N) is 3. The molecule has 1 saturated heterocycles. The van der Waals surface area contributed by atoms with Gasteiger partial charge in [-0.1, -0.05) is 13.0 Å². The maximum Gasteiger partial charge on any atom is 0.258 e. The largest absolute Gasteiger partial charge is 0.353 e. The number of piperazine rings is 1. The predicted octanol–water partition coefficient (Wildman–Crippen LogP) is 3.18. The van der Waals surface area contributed by atoms with Crippen molar-refractivity contribution in [2.24, 2.45) is 11.3 Å². The Morgan fingerprint density at radius 3 is 2.79 bits per heavy atom. The van der Waals surface area contributed by atoms with Gasteiger partial charge in [0.15, 0.2) is 0 Å². The van der Waals surface area contributed by atoms with E-state index in [-0.39, 0.29) is 11.9 Å². The molecule has 2 aliphatic carbocycles. The van der Waals surface area contributed by atoms with E-state index in [4.69, 9.17) is 0 Å². The fraction of sp³-hybridized carbons (Fsp3) is 0.520. The lowest BCUT2D eigenvalue weighted by Gasteiger charge is -2.34. The van der Waals surface area contributed by atoms with Crippen LogP contribution in [0, 0.1) is 11.3 Å². The third-order valence-corrected chi connectivity index (χ3v) is 8.43. The highest BCUT2D eigenvalue weighted by Crippen LogP contribution is 2.70.